The van der Waals surface area contributed by atoms with Crippen LogP contribution in [0.3, 0.4) is 0 Å². The number of carbonyl (C=O) groups is 1. The summed E-state index contributed by atoms with van der Waals surface area (Å²) in [5.41, 5.74) is 17.8. The van der Waals surface area contributed by atoms with Crippen molar-refractivity contribution in [3.63, 3.8) is 0 Å². The van der Waals surface area contributed by atoms with Gasteiger partial charge in [-0.25, -0.2) is 4.99 Å². The van der Waals surface area contributed by atoms with E-state index in [1.165, 1.54) is 11.3 Å². The fourth-order valence-electron chi connectivity index (χ4n) is 2.21. The lowest BCUT2D eigenvalue weighted by Crippen LogP contribution is -2.28. The second kappa shape index (κ2) is 11.6. The van der Waals surface area contributed by atoms with E-state index in [9.17, 15) is 4.79 Å². The van der Waals surface area contributed by atoms with Gasteiger partial charge in [0.1, 0.15) is 0 Å². The molecular weight excluding hydrogens is 406 g/mol. The van der Waals surface area contributed by atoms with Gasteiger partial charge in [-0.3, -0.25) is 14.5 Å². The van der Waals surface area contributed by atoms with Crippen molar-refractivity contribution < 1.29 is 19.6 Å². The quantitative estimate of drug-likeness (QED) is 0.150. The van der Waals surface area contributed by atoms with Gasteiger partial charge >= 0.3 is 5.97 Å². The number of carboxylic acids is 1. The van der Waals surface area contributed by atoms with Crippen molar-refractivity contribution in [3.8, 4) is 0 Å². The predicted molar refractivity (Wildman–Crippen MR) is 108 cm³/mol. The first-order valence-electron chi connectivity index (χ1n) is 8.31. The van der Waals surface area contributed by atoms with Gasteiger partial charge in [0.2, 0.25) is 0 Å². The van der Waals surface area contributed by atoms with E-state index >= 15 is 0 Å². The minimum atomic E-state index is -0.935. The normalized spacial score (nSPS) is 11.9. The van der Waals surface area contributed by atoms with Crippen LogP contribution in [0.15, 0.2) is 41.4 Å². The summed E-state index contributed by atoms with van der Waals surface area (Å²) in [6, 6.07) is 10.3. The molecule has 0 saturated heterocycles. The number of aliphatic carboxylic acids is 1. The number of carboxylic acid groups (broad SMARTS) is 1. The third kappa shape index (κ3) is 8.21. The Morgan fingerprint density at radius 3 is 2.79 bits per heavy atom. The summed E-state index contributed by atoms with van der Waals surface area (Å²) in [5, 5.41) is 9.02. The largest absolute Gasteiger partial charge is 0.481 e. The molecule has 11 heteroatoms. The minimum absolute atomic E-state index is 0.00753. The van der Waals surface area contributed by atoms with Crippen LogP contribution in [-0.4, -0.2) is 30.2 Å². The molecule has 0 amide bonds. The number of guanidine groups is 1. The minimum Gasteiger partial charge on any atom is -0.481 e. The van der Waals surface area contributed by atoms with Gasteiger partial charge in [-0.15, -0.1) is 11.3 Å². The van der Waals surface area contributed by atoms with Gasteiger partial charge < -0.3 is 16.6 Å². The van der Waals surface area contributed by atoms with Crippen LogP contribution < -0.4 is 22.4 Å². The summed E-state index contributed by atoms with van der Waals surface area (Å²) in [5.74, 6) is -0.943. The number of nitrogens with zero attached hydrogens (tertiary/aromatic N) is 1. The molecule has 0 spiro atoms. The highest BCUT2D eigenvalue weighted by atomic mass is 35.5. The van der Waals surface area contributed by atoms with Crippen LogP contribution in [0.1, 0.15) is 22.9 Å². The standard InChI is InChI=1S/C17H22ClN5O4S/c18-15-5-4-14(28-15)13(9-16(24)25)23-26-7-6-21-27-10-11-2-1-3-12(8-11)22-17(19)20/h1-5,8,13,21,23H,6-7,9-10H2,(H,24,25)(H4,19,20,22). The molecule has 9 nitrogen and oxygen atoms in total. The molecule has 0 bridgehead atoms. The van der Waals surface area contributed by atoms with Gasteiger partial charge in [-0.2, -0.15) is 11.0 Å². The number of hydrogen-bond acceptors (Lipinski definition) is 7. The predicted octanol–water partition coefficient (Wildman–Crippen LogP) is 2.06. The maximum atomic E-state index is 11.0. The fourth-order valence-corrected chi connectivity index (χ4v) is 3.32. The first-order chi connectivity index (χ1) is 13.4. The van der Waals surface area contributed by atoms with E-state index in [1.807, 2.05) is 18.2 Å². The second-order valence-corrected chi connectivity index (χ2v) is 7.39. The zero-order valence-corrected chi connectivity index (χ0v) is 16.5. The lowest BCUT2D eigenvalue weighted by atomic mass is 10.2. The molecule has 1 atom stereocenters. The molecule has 0 aliphatic heterocycles. The van der Waals surface area contributed by atoms with Crippen molar-refractivity contribution in [2.24, 2.45) is 16.5 Å². The number of hydroxylamine groups is 2. The van der Waals surface area contributed by atoms with Crippen LogP contribution >= 0.6 is 22.9 Å². The Labute approximate surface area is 171 Å². The van der Waals surface area contributed by atoms with E-state index in [0.29, 0.717) is 23.2 Å². The highest BCUT2D eigenvalue weighted by Crippen LogP contribution is 2.28. The Balaban J connectivity index is 1.67. The molecule has 0 aliphatic rings. The Bertz CT molecular complexity index is 797. The summed E-state index contributed by atoms with van der Waals surface area (Å²) < 4.78 is 0.589. The molecule has 0 radical (unpaired) electrons. The van der Waals surface area contributed by atoms with Gasteiger partial charge in [0.05, 0.1) is 35.7 Å². The molecule has 0 saturated carbocycles. The van der Waals surface area contributed by atoms with Crippen molar-refractivity contribution in [1.29, 1.82) is 0 Å². The van der Waals surface area contributed by atoms with Gasteiger partial charge in [-0.1, -0.05) is 23.7 Å². The monoisotopic (exact) mass is 427 g/mol. The highest BCUT2D eigenvalue weighted by Gasteiger charge is 2.17. The smallest absolute Gasteiger partial charge is 0.305 e. The van der Waals surface area contributed by atoms with Crippen LogP contribution in [0.4, 0.5) is 5.69 Å². The fraction of sp³-hybridized carbons (Fsp3) is 0.294. The summed E-state index contributed by atoms with van der Waals surface area (Å²) in [6.07, 6.45) is -0.118. The number of nitrogens with one attached hydrogen (secondary N) is 2. The molecule has 7 N–H and O–H groups in total. The maximum absolute atomic E-state index is 11.0. The topological polar surface area (TPSA) is 144 Å². The molecule has 2 rings (SSSR count). The molecule has 1 heterocycles. The van der Waals surface area contributed by atoms with Gasteiger partial charge in [0.15, 0.2) is 5.96 Å². The van der Waals surface area contributed by atoms with Crippen LogP contribution in [-0.2, 0) is 21.1 Å². The zero-order valence-electron chi connectivity index (χ0n) is 14.9. The molecule has 0 fully saturated rings. The van der Waals surface area contributed by atoms with E-state index in [2.05, 4.69) is 16.0 Å². The Morgan fingerprint density at radius 2 is 2.11 bits per heavy atom. The average Bonchev–Trinajstić information content (AvgIpc) is 3.05. The first-order valence-corrected chi connectivity index (χ1v) is 9.51. The van der Waals surface area contributed by atoms with E-state index in [1.54, 1.807) is 18.2 Å². The van der Waals surface area contributed by atoms with Crippen molar-refractivity contribution in [2.45, 2.75) is 19.1 Å². The number of rotatable bonds is 12. The highest BCUT2D eigenvalue weighted by molar-refractivity contribution is 7.16. The number of benzene rings is 1. The van der Waals surface area contributed by atoms with E-state index in [4.69, 9.17) is 37.8 Å². The van der Waals surface area contributed by atoms with E-state index in [-0.39, 0.29) is 19.0 Å². The number of halogens is 1. The Morgan fingerprint density at radius 1 is 1.29 bits per heavy atom. The van der Waals surface area contributed by atoms with Gasteiger partial charge in [0.25, 0.3) is 0 Å². The molecular formula is C17H22ClN5O4S. The van der Waals surface area contributed by atoms with E-state index < -0.39 is 12.0 Å². The molecule has 1 aromatic heterocycles. The summed E-state index contributed by atoms with van der Waals surface area (Å²) >= 11 is 7.21. The number of hydrogen-bond donors (Lipinski definition) is 5. The third-order valence-corrected chi connectivity index (χ3v) is 4.70. The number of nitrogens with two attached hydrogens (primary N) is 2. The van der Waals surface area contributed by atoms with Crippen molar-refractivity contribution in [1.82, 2.24) is 11.0 Å². The molecule has 1 unspecified atom stereocenters. The summed E-state index contributed by atoms with van der Waals surface area (Å²) in [6.45, 7) is 0.978. The van der Waals surface area contributed by atoms with Crippen molar-refractivity contribution in [2.75, 3.05) is 13.2 Å². The van der Waals surface area contributed by atoms with E-state index in [0.717, 1.165) is 10.4 Å². The second-order valence-electron chi connectivity index (χ2n) is 5.65. The Hall–Kier alpha value is -2.21. The molecule has 2 aromatic rings. The van der Waals surface area contributed by atoms with Crippen LogP contribution in [0.25, 0.3) is 0 Å². The van der Waals surface area contributed by atoms with Crippen LogP contribution in [0, 0.1) is 0 Å². The van der Waals surface area contributed by atoms with Crippen LogP contribution in [0.2, 0.25) is 4.34 Å². The van der Waals surface area contributed by atoms with Crippen molar-refractivity contribution >= 4 is 40.6 Å². The lowest BCUT2D eigenvalue weighted by molar-refractivity contribution is -0.138. The molecule has 0 aliphatic carbocycles. The SMILES string of the molecule is NC(N)=Nc1cccc(CONCCONC(CC(=O)O)c2ccc(Cl)s2)c1. The third-order valence-electron chi connectivity index (χ3n) is 3.36. The first kappa shape index (κ1) is 22.1. The Kier molecular flexibility index (Phi) is 9.14. The molecule has 1 aromatic carbocycles. The van der Waals surface area contributed by atoms with Crippen molar-refractivity contribution in [3.05, 3.63) is 51.2 Å². The summed E-state index contributed by atoms with van der Waals surface area (Å²) in [4.78, 5) is 26.5. The molecule has 28 heavy (non-hydrogen) atoms. The van der Waals surface area contributed by atoms with Crippen LogP contribution in [0.5, 0.6) is 0 Å². The number of aliphatic imine (C=N–C) groups is 1. The summed E-state index contributed by atoms with van der Waals surface area (Å²) in [7, 11) is 0. The maximum Gasteiger partial charge on any atom is 0.305 e. The number of thiophene rings is 1. The van der Waals surface area contributed by atoms with Gasteiger partial charge in [-0.05, 0) is 29.8 Å². The average molecular weight is 428 g/mol. The van der Waals surface area contributed by atoms with Gasteiger partial charge in [0, 0.05) is 11.4 Å². The molecule has 152 valence electrons. The zero-order chi connectivity index (χ0) is 20.4. The lowest BCUT2D eigenvalue weighted by Gasteiger charge is -2.15.